The molecule has 0 saturated heterocycles. The minimum absolute atomic E-state index is 0.404. The molecule has 0 aliphatic carbocycles. The van der Waals surface area contributed by atoms with E-state index in [1.807, 2.05) is 0 Å². The lowest BCUT2D eigenvalue weighted by Crippen LogP contribution is -2.10. The monoisotopic (exact) mass is 338 g/mol. The lowest BCUT2D eigenvalue weighted by molar-refractivity contribution is -0.197. The SMILES string of the molecule is S=[N+]([S-])c1ccc(-n2nccn2)c(C(Cl)(Cl)Cl)c1. The number of nitrogens with zero attached hydrogens (tertiary/aromatic N) is 4. The molecule has 0 spiro atoms. The molecule has 94 valence electrons. The first kappa shape index (κ1) is 13.9. The van der Waals surface area contributed by atoms with E-state index in [9.17, 15) is 0 Å². The zero-order chi connectivity index (χ0) is 13.3. The summed E-state index contributed by atoms with van der Waals surface area (Å²) in [4.78, 5) is 1.36. The van der Waals surface area contributed by atoms with Crippen LogP contribution in [0, 0.1) is 0 Å². The Morgan fingerprint density at radius 3 is 2.33 bits per heavy atom. The standard InChI is InChI=1S/C9H5Cl3N4S2/c10-9(11,12)7-5-6(16(17)18)1-2-8(7)15-13-3-4-14-15/h1-5H. The number of aromatic nitrogens is 3. The molecule has 0 fully saturated rings. The quantitative estimate of drug-likeness (QED) is 0.478. The fraction of sp³-hybridized carbons (Fsp3) is 0.111. The smallest absolute Gasteiger partial charge is 0.218 e. The van der Waals surface area contributed by atoms with Gasteiger partial charge in [0.25, 0.3) is 0 Å². The number of rotatable bonds is 2. The van der Waals surface area contributed by atoms with E-state index in [2.05, 4.69) is 10.2 Å². The van der Waals surface area contributed by atoms with Crippen molar-refractivity contribution in [1.82, 2.24) is 15.0 Å². The predicted molar refractivity (Wildman–Crippen MR) is 75.2 cm³/mol. The molecule has 0 bridgehead atoms. The summed E-state index contributed by atoms with van der Waals surface area (Å²) < 4.78 is -0.528. The molecule has 1 aromatic heterocycles. The van der Waals surface area contributed by atoms with Crippen molar-refractivity contribution in [2.75, 3.05) is 0 Å². The first-order valence-corrected chi connectivity index (χ1v) is 6.48. The maximum Gasteiger partial charge on any atom is 0.218 e. The number of halogens is 3. The summed E-state index contributed by atoms with van der Waals surface area (Å²) >= 11 is 27.5. The fourth-order valence-electron chi connectivity index (χ4n) is 1.38. The topological polar surface area (TPSA) is 33.7 Å². The molecule has 0 amide bonds. The molecule has 18 heavy (non-hydrogen) atoms. The predicted octanol–water partition coefficient (Wildman–Crippen LogP) is 2.93. The van der Waals surface area contributed by atoms with Crippen molar-refractivity contribution in [3.8, 4) is 5.69 Å². The second kappa shape index (κ2) is 5.22. The van der Waals surface area contributed by atoms with Crippen molar-refractivity contribution < 1.29 is 3.35 Å². The van der Waals surface area contributed by atoms with Crippen molar-refractivity contribution in [3.05, 3.63) is 36.2 Å². The highest BCUT2D eigenvalue weighted by Crippen LogP contribution is 2.42. The van der Waals surface area contributed by atoms with Crippen LogP contribution in [0.2, 0.25) is 0 Å². The Morgan fingerprint density at radius 1 is 1.22 bits per heavy atom. The largest absolute Gasteiger partial charge is 0.225 e. The van der Waals surface area contributed by atoms with Gasteiger partial charge in [0.15, 0.2) is 0 Å². The Morgan fingerprint density at radius 2 is 1.83 bits per heavy atom. The Labute approximate surface area is 129 Å². The number of hydrogen-bond donors (Lipinski definition) is 0. The van der Waals surface area contributed by atoms with Crippen LogP contribution in [-0.2, 0) is 29.0 Å². The Bertz CT molecular complexity index is 580. The first-order valence-electron chi connectivity index (χ1n) is 4.62. The lowest BCUT2D eigenvalue weighted by Gasteiger charge is -2.15. The fourth-order valence-corrected chi connectivity index (χ4v) is 2.06. The van der Waals surface area contributed by atoms with E-state index in [-0.39, 0.29) is 0 Å². The van der Waals surface area contributed by atoms with Gasteiger partial charge in [-0.3, -0.25) is 0 Å². The van der Waals surface area contributed by atoms with Crippen LogP contribution in [-0.4, -0.2) is 18.3 Å². The van der Waals surface area contributed by atoms with Gasteiger partial charge in [-0.2, -0.15) is 15.0 Å². The molecule has 0 aliphatic heterocycles. The maximum atomic E-state index is 5.93. The molecule has 4 nitrogen and oxygen atoms in total. The molecule has 1 heterocycles. The van der Waals surface area contributed by atoms with Gasteiger partial charge in [-0.1, -0.05) is 60.0 Å². The summed E-state index contributed by atoms with van der Waals surface area (Å²) in [6.45, 7) is 0. The minimum atomic E-state index is -1.63. The average molecular weight is 340 g/mol. The van der Waals surface area contributed by atoms with Gasteiger partial charge in [0.1, 0.15) is 0 Å². The van der Waals surface area contributed by atoms with Crippen LogP contribution in [0.15, 0.2) is 30.6 Å². The molecule has 0 saturated carbocycles. The highest BCUT2D eigenvalue weighted by Gasteiger charge is 2.29. The second-order valence-electron chi connectivity index (χ2n) is 3.27. The summed E-state index contributed by atoms with van der Waals surface area (Å²) in [5.74, 6) is 0. The zero-order valence-corrected chi connectivity index (χ0v) is 12.5. The summed E-state index contributed by atoms with van der Waals surface area (Å²) in [6, 6.07) is 5.00. The van der Waals surface area contributed by atoms with Crippen LogP contribution in [0.1, 0.15) is 5.56 Å². The molecule has 9 heteroatoms. The zero-order valence-electron chi connectivity index (χ0n) is 8.63. The van der Waals surface area contributed by atoms with Gasteiger partial charge in [0, 0.05) is 17.7 Å². The van der Waals surface area contributed by atoms with Crippen LogP contribution < -0.4 is 0 Å². The van der Waals surface area contributed by atoms with Gasteiger partial charge >= 0.3 is 0 Å². The molecule has 1 aromatic carbocycles. The highest BCUT2D eigenvalue weighted by atomic mass is 35.6. The highest BCUT2D eigenvalue weighted by molar-refractivity contribution is 7.58. The third kappa shape index (κ3) is 2.89. The van der Waals surface area contributed by atoms with Crippen molar-refractivity contribution in [2.45, 2.75) is 3.79 Å². The van der Waals surface area contributed by atoms with Gasteiger partial charge in [-0.05, 0) is 6.07 Å². The van der Waals surface area contributed by atoms with E-state index < -0.39 is 3.79 Å². The average Bonchev–Trinajstić information content (AvgIpc) is 2.80. The van der Waals surface area contributed by atoms with Gasteiger partial charge in [-0.15, -0.1) is 0 Å². The third-order valence-electron chi connectivity index (χ3n) is 2.13. The normalized spacial score (nSPS) is 11.5. The van der Waals surface area contributed by atoms with Crippen molar-refractivity contribution in [2.24, 2.45) is 0 Å². The van der Waals surface area contributed by atoms with Gasteiger partial charge < -0.3 is 0 Å². The summed E-state index contributed by atoms with van der Waals surface area (Å²) in [5, 5.41) is 8.00. The third-order valence-corrected chi connectivity index (χ3v) is 3.16. The molecule has 0 atom stereocenters. The molecule has 0 N–H and O–H groups in total. The second-order valence-corrected chi connectivity index (χ2v) is 6.52. The summed E-state index contributed by atoms with van der Waals surface area (Å²) in [7, 11) is 0. The molecule has 2 rings (SSSR count). The van der Waals surface area contributed by atoms with Gasteiger partial charge in [0.2, 0.25) is 9.48 Å². The molecule has 0 unspecified atom stereocenters. The van der Waals surface area contributed by atoms with Crippen LogP contribution >= 0.6 is 34.8 Å². The minimum Gasteiger partial charge on any atom is -0.225 e. The van der Waals surface area contributed by atoms with E-state index in [0.29, 0.717) is 16.9 Å². The van der Waals surface area contributed by atoms with E-state index in [1.165, 1.54) is 17.2 Å². The lowest BCUT2D eigenvalue weighted by atomic mass is 10.2. The van der Waals surface area contributed by atoms with Crippen LogP contribution in [0.4, 0.5) is 5.69 Å². The Kier molecular flexibility index (Phi) is 4.03. The van der Waals surface area contributed by atoms with Crippen LogP contribution in [0.5, 0.6) is 0 Å². The van der Waals surface area contributed by atoms with Crippen molar-refractivity contribution in [3.63, 3.8) is 0 Å². The molecule has 0 radical (unpaired) electrons. The van der Waals surface area contributed by atoms with Gasteiger partial charge in [0.05, 0.1) is 18.1 Å². The number of alkyl halides is 3. The summed E-state index contributed by atoms with van der Waals surface area (Å²) in [5.41, 5.74) is 1.52. The van der Waals surface area contributed by atoms with E-state index in [4.69, 9.17) is 60.0 Å². The van der Waals surface area contributed by atoms with Gasteiger partial charge in [-0.25, -0.2) is 3.35 Å². The van der Waals surface area contributed by atoms with E-state index in [1.54, 1.807) is 18.2 Å². The van der Waals surface area contributed by atoms with E-state index in [0.717, 1.165) is 3.35 Å². The van der Waals surface area contributed by atoms with Crippen molar-refractivity contribution >= 4 is 65.7 Å². The number of benzene rings is 1. The molecular formula is C9H5Cl3N4S2. The number of hydrogen-bond acceptors (Lipinski definition) is 4. The first-order chi connectivity index (χ1) is 8.39. The van der Waals surface area contributed by atoms with Crippen LogP contribution in [0.3, 0.4) is 0 Å². The molecule has 0 aliphatic rings. The maximum absolute atomic E-state index is 5.93. The molecular weight excluding hydrogens is 335 g/mol. The molecule has 2 aromatic rings. The van der Waals surface area contributed by atoms with E-state index >= 15 is 0 Å². The Balaban J connectivity index is 2.64. The van der Waals surface area contributed by atoms with Crippen LogP contribution in [0.25, 0.3) is 5.69 Å². The Hall–Kier alpha value is -0.530. The van der Waals surface area contributed by atoms with Crippen molar-refractivity contribution in [1.29, 1.82) is 0 Å². The summed E-state index contributed by atoms with van der Waals surface area (Å²) in [6.07, 6.45) is 3.06.